The summed E-state index contributed by atoms with van der Waals surface area (Å²) in [6.07, 6.45) is 6.59. The van der Waals surface area contributed by atoms with Crippen molar-refractivity contribution in [2.75, 3.05) is 26.2 Å². The second kappa shape index (κ2) is 4.89. The molecule has 1 aromatic rings. The van der Waals surface area contributed by atoms with Gasteiger partial charge in [0.25, 0.3) is 5.91 Å². The molecule has 19 heavy (non-hydrogen) atoms. The Morgan fingerprint density at radius 2 is 2.16 bits per heavy atom. The van der Waals surface area contributed by atoms with Crippen molar-refractivity contribution in [1.82, 2.24) is 20.2 Å². The third kappa shape index (κ3) is 2.34. The monoisotopic (exact) mass is 260 g/mol. The standard InChI is InChI=1S/C14H20N4O/c1-11-12(8-16-10-17-11)13(19)18-6-3-14(4-7-18)2-5-15-9-14/h8,10,15H,2-7,9H2,1H3. The highest BCUT2D eigenvalue weighted by Crippen LogP contribution is 2.37. The second-order valence-electron chi connectivity index (χ2n) is 5.74. The van der Waals surface area contributed by atoms with Crippen molar-refractivity contribution in [1.29, 1.82) is 0 Å². The van der Waals surface area contributed by atoms with E-state index in [4.69, 9.17) is 0 Å². The van der Waals surface area contributed by atoms with Gasteiger partial charge in [0.1, 0.15) is 6.33 Å². The summed E-state index contributed by atoms with van der Waals surface area (Å²) in [4.78, 5) is 22.5. The van der Waals surface area contributed by atoms with Crippen molar-refractivity contribution >= 4 is 5.91 Å². The van der Waals surface area contributed by atoms with E-state index in [2.05, 4.69) is 15.3 Å². The summed E-state index contributed by atoms with van der Waals surface area (Å²) in [5.74, 6) is 0.0823. The molecule has 2 aliphatic rings. The number of amides is 1. The lowest BCUT2D eigenvalue weighted by atomic mass is 9.78. The molecule has 5 nitrogen and oxygen atoms in total. The lowest BCUT2D eigenvalue weighted by Gasteiger charge is -2.38. The number of aryl methyl sites for hydroxylation is 1. The van der Waals surface area contributed by atoms with E-state index in [0.717, 1.165) is 44.7 Å². The molecular formula is C14H20N4O. The molecule has 1 amide bonds. The molecular weight excluding hydrogens is 240 g/mol. The number of piperidine rings is 1. The number of rotatable bonds is 1. The van der Waals surface area contributed by atoms with Crippen LogP contribution in [0.1, 0.15) is 35.3 Å². The molecule has 0 saturated carbocycles. The highest BCUT2D eigenvalue weighted by atomic mass is 16.2. The summed E-state index contributed by atoms with van der Waals surface area (Å²) in [7, 11) is 0. The van der Waals surface area contributed by atoms with Crippen LogP contribution in [0.3, 0.4) is 0 Å². The Kier molecular flexibility index (Phi) is 3.22. The van der Waals surface area contributed by atoms with Crippen LogP contribution in [0.25, 0.3) is 0 Å². The van der Waals surface area contributed by atoms with Gasteiger partial charge in [-0.15, -0.1) is 0 Å². The van der Waals surface area contributed by atoms with E-state index in [0.29, 0.717) is 11.0 Å². The summed E-state index contributed by atoms with van der Waals surface area (Å²) in [6, 6.07) is 0. The van der Waals surface area contributed by atoms with Gasteiger partial charge in [-0.2, -0.15) is 0 Å². The Morgan fingerprint density at radius 3 is 2.79 bits per heavy atom. The molecule has 0 aliphatic carbocycles. The molecule has 0 atom stereocenters. The first-order valence-corrected chi connectivity index (χ1v) is 6.97. The van der Waals surface area contributed by atoms with E-state index in [-0.39, 0.29) is 5.91 Å². The van der Waals surface area contributed by atoms with Crippen molar-refractivity contribution in [3.05, 3.63) is 23.8 Å². The lowest BCUT2D eigenvalue weighted by molar-refractivity contribution is 0.0606. The van der Waals surface area contributed by atoms with Gasteiger partial charge in [0, 0.05) is 25.8 Å². The maximum Gasteiger partial charge on any atom is 0.257 e. The Hall–Kier alpha value is -1.49. The number of nitrogens with one attached hydrogen (secondary N) is 1. The molecule has 3 rings (SSSR count). The second-order valence-corrected chi connectivity index (χ2v) is 5.74. The smallest absolute Gasteiger partial charge is 0.257 e. The Balaban J connectivity index is 1.68. The van der Waals surface area contributed by atoms with Crippen molar-refractivity contribution < 1.29 is 4.79 Å². The number of hydrogen-bond donors (Lipinski definition) is 1. The van der Waals surface area contributed by atoms with E-state index in [9.17, 15) is 4.79 Å². The molecule has 2 fully saturated rings. The molecule has 0 aromatic carbocycles. The van der Waals surface area contributed by atoms with E-state index < -0.39 is 0 Å². The van der Waals surface area contributed by atoms with Crippen molar-refractivity contribution in [2.45, 2.75) is 26.2 Å². The first kappa shape index (κ1) is 12.5. The van der Waals surface area contributed by atoms with Crippen molar-refractivity contribution in [3.63, 3.8) is 0 Å². The van der Waals surface area contributed by atoms with Gasteiger partial charge in [0.05, 0.1) is 11.3 Å². The van der Waals surface area contributed by atoms with Crippen LogP contribution in [0.4, 0.5) is 0 Å². The van der Waals surface area contributed by atoms with Gasteiger partial charge >= 0.3 is 0 Å². The number of carbonyl (C=O) groups excluding carboxylic acids is 1. The van der Waals surface area contributed by atoms with Gasteiger partial charge < -0.3 is 10.2 Å². The summed E-state index contributed by atoms with van der Waals surface area (Å²) in [5.41, 5.74) is 1.85. The first-order chi connectivity index (χ1) is 9.20. The third-order valence-electron chi connectivity index (χ3n) is 4.59. The van der Waals surface area contributed by atoms with Gasteiger partial charge in [0.2, 0.25) is 0 Å². The van der Waals surface area contributed by atoms with Gasteiger partial charge in [-0.3, -0.25) is 4.79 Å². The Morgan fingerprint density at radius 1 is 1.37 bits per heavy atom. The van der Waals surface area contributed by atoms with Crippen LogP contribution < -0.4 is 5.32 Å². The highest BCUT2D eigenvalue weighted by molar-refractivity contribution is 5.94. The summed E-state index contributed by atoms with van der Waals surface area (Å²) < 4.78 is 0. The molecule has 0 bridgehead atoms. The molecule has 2 saturated heterocycles. The fraction of sp³-hybridized carbons (Fsp3) is 0.643. The number of carbonyl (C=O) groups is 1. The molecule has 0 unspecified atom stereocenters. The van der Waals surface area contributed by atoms with E-state index in [1.165, 1.54) is 12.7 Å². The predicted octanol–water partition coefficient (Wildman–Crippen LogP) is 1.00. The zero-order valence-corrected chi connectivity index (χ0v) is 11.4. The minimum Gasteiger partial charge on any atom is -0.339 e. The maximum absolute atomic E-state index is 12.5. The molecule has 0 radical (unpaired) electrons. The van der Waals surface area contributed by atoms with Gasteiger partial charge in [-0.1, -0.05) is 0 Å². The minimum absolute atomic E-state index is 0.0823. The van der Waals surface area contributed by atoms with Crippen LogP contribution >= 0.6 is 0 Å². The van der Waals surface area contributed by atoms with Crippen LogP contribution in [0.2, 0.25) is 0 Å². The topological polar surface area (TPSA) is 58.1 Å². The van der Waals surface area contributed by atoms with E-state index in [1.54, 1.807) is 6.20 Å². The largest absolute Gasteiger partial charge is 0.339 e. The minimum atomic E-state index is 0.0823. The fourth-order valence-corrected chi connectivity index (χ4v) is 3.18. The van der Waals surface area contributed by atoms with E-state index >= 15 is 0 Å². The van der Waals surface area contributed by atoms with Crippen LogP contribution in [-0.2, 0) is 0 Å². The van der Waals surface area contributed by atoms with Gasteiger partial charge in [0.15, 0.2) is 0 Å². The van der Waals surface area contributed by atoms with Crippen molar-refractivity contribution in [2.24, 2.45) is 5.41 Å². The average molecular weight is 260 g/mol. The summed E-state index contributed by atoms with van der Waals surface area (Å²) >= 11 is 0. The number of hydrogen-bond acceptors (Lipinski definition) is 4. The third-order valence-corrected chi connectivity index (χ3v) is 4.59. The van der Waals surface area contributed by atoms with Crippen LogP contribution in [0.15, 0.2) is 12.5 Å². The summed E-state index contributed by atoms with van der Waals surface area (Å²) in [6.45, 7) is 5.81. The van der Waals surface area contributed by atoms with Crippen LogP contribution in [0, 0.1) is 12.3 Å². The molecule has 2 aliphatic heterocycles. The fourth-order valence-electron chi connectivity index (χ4n) is 3.18. The number of nitrogens with zero attached hydrogens (tertiary/aromatic N) is 3. The molecule has 102 valence electrons. The predicted molar refractivity (Wildman–Crippen MR) is 71.8 cm³/mol. The number of aromatic nitrogens is 2. The lowest BCUT2D eigenvalue weighted by Crippen LogP contribution is -2.44. The van der Waals surface area contributed by atoms with Crippen LogP contribution in [0.5, 0.6) is 0 Å². The average Bonchev–Trinajstić information content (AvgIpc) is 2.88. The molecule has 1 spiro atoms. The van der Waals surface area contributed by atoms with Gasteiger partial charge in [-0.05, 0) is 38.1 Å². The normalized spacial score (nSPS) is 21.8. The van der Waals surface area contributed by atoms with Crippen LogP contribution in [-0.4, -0.2) is 47.0 Å². The summed E-state index contributed by atoms with van der Waals surface area (Å²) in [5, 5.41) is 3.44. The molecule has 3 heterocycles. The molecule has 5 heteroatoms. The Bertz CT molecular complexity index is 472. The molecule has 1 N–H and O–H groups in total. The quantitative estimate of drug-likeness (QED) is 0.818. The maximum atomic E-state index is 12.5. The number of likely N-dealkylation sites (tertiary alicyclic amines) is 1. The Labute approximate surface area is 113 Å². The zero-order valence-electron chi connectivity index (χ0n) is 11.4. The van der Waals surface area contributed by atoms with Crippen molar-refractivity contribution in [3.8, 4) is 0 Å². The van der Waals surface area contributed by atoms with E-state index in [1.807, 2.05) is 11.8 Å². The van der Waals surface area contributed by atoms with Gasteiger partial charge in [-0.25, -0.2) is 9.97 Å². The zero-order chi connectivity index (χ0) is 13.3. The SMILES string of the molecule is Cc1ncncc1C(=O)N1CCC2(CCNC2)CC1. The molecule has 1 aromatic heterocycles. The first-order valence-electron chi connectivity index (χ1n) is 6.97. The highest BCUT2D eigenvalue weighted by Gasteiger charge is 2.38.